The molecule has 4 fully saturated rings. The number of fused-ring (bicyclic) bond motifs is 3. The molecule has 3 heteroatoms. The topological polar surface area (TPSA) is 18.5 Å². The predicted molar refractivity (Wildman–Crippen MR) is 71.2 cm³/mol. The molecular weight excluding hydrogens is 210 g/mol. The lowest BCUT2D eigenvalue weighted by Gasteiger charge is -2.45. The molecule has 0 amide bonds. The van der Waals surface area contributed by atoms with Gasteiger partial charge in [0.1, 0.15) is 0 Å². The van der Waals surface area contributed by atoms with Gasteiger partial charge in [-0.15, -0.1) is 0 Å². The summed E-state index contributed by atoms with van der Waals surface area (Å²) in [5.74, 6) is 1.88. The zero-order chi connectivity index (χ0) is 11.7. The summed E-state index contributed by atoms with van der Waals surface area (Å²) in [4.78, 5) is 5.23. The number of likely N-dealkylation sites (tertiary alicyclic amines) is 1. The third kappa shape index (κ3) is 2.67. The zero-order valence-electron chi connectivity index (χ0n) is 11.2. The first-order valence-electron chi connectivity index (χ1n) is 7.53. The maximum absolute atomic E-state index is 3.87. The number of hydrogen-bond acceptors (Lipinski definition) is 3. The molecule has 0 aliphatic carbocycles. The van der Waals surface area contributed by atoms with Crippen LogP contribution in [0.2, 0.25) is 0 Å². The highest BCUT2D eigenvalue weighted by molar-refractivity contribution is 4.91. The van der Waals surface area contributed by atoms with Crippen LogP contribution in [0, 0.1) is 11.8 Å². The van der Waals surface area contributed by atoms with Crippen molar-refractivity contribution in [1.82, 2.24) is 15.1 Å². The van der Waals surface area contributed by atoms with E-state index in [-0.39, 0.29) is 0 Å². The van der Waals surface area contributed by atoms with Crippen LogP contribution in [0.1, 0.15) is 26.2 Å². The van der Waals surface area contributed by atoms with Gasteiger partial charge >= 0.3 is 0 Å². The van der Waals surface area contributed by atoms with Crippen LogP contribution >= 0.6 is 0 Å². The van der Waals surface area contributed by atoms with Crippen molar-refractivity contribution in [1.29, 1.82) is 0 Å². The molecule has 0 radical (unpaired) electrons. The SMILES string of the molecule is CCN1CCC(CNC2CN3CCC2CC3)C1. The van der Waals surface area contributed by atoms with Crippen molar-refractivity contribution >= 4 is 0 Å². The van der Waals surface area contributed by atoms with E-state index < -0.39 is 0 Å². The number of nitrogens with one attached hydrogen (secondary N) is 1. The second-order valence-corrected chi connectivity index (χ2v) is 6.20. The lowest BCUT2D eigenvalue weighted by Crippen LogP contribution is -2.56. The van der Waals surface area contributed by atoms with Crippen molar-refractivity contribution in [2.24, 2.45) is 11.8 Å². The summed E-state index contributed by atoms with van der Waals surface area (Å²) in [6, 6.07) is 0.799. The third-order valence-corrected chi connectivity index (χ3v) is 5.14. The normalized spacial score (nSPS) is 42.2. The molecule has 2 bridgehead atoms. The molecule has 4 rings (SSSR count). The maximum atomic E-state index is 3.87. The number of hydrogen-bond donors (Lipinski definition) is 1. The van der Waals surface area contributed by atoms with Gasteiger partial charge in [0.2, 0.25) is 0 Å². The highest BCUT2D eigenvalue weighted by Gasteiger charge is 2.34. The number of nitrogens with zero attached hydrogens (tertiary/aromatic N) is 2. The largest absolute Gasteiger partial charge is 0.312 e. The lowest BCUT2D eigenvalue weighted by molar-refractivity contribution is 0.0709. The van der Waals surface area contributed by atoms with Gasteiger partial charge in [0.25, 0.3) is 0 Å². The van der Waals surface area contributed by atoms with E-state index >= 15 is 0 Å². The molecule has 0 aromatic carbocycles. The summed E-state index contributed by atoms with van der Waals surface area (Å²) in [6.07, 6.45) is 4.27. The molecule has 98 valence electrons. The highest BCUT2D eigenvalue weighted by Crippen LogP contribution is 2.27. The standard InChI is InChI=1S/C14H27N3/c1-2-16-6-3-12(10-16)9-15-14-11-17-7-4-13(14)5-8-17/h12-15H,2-11H2,1H3. The minimum Gasteiger partial charge on any atom is -0.312 e. The molecule has 0 aromatic heterocycles. The molecule has 3 nitrogen and oxygen atoms in total. The Morgan fingerprint density at radius 3 is 2.47 bits per heavy atom. The van der Waals surface area contributed by atoms with E-state index in [1.807, 2.05) is 0 Å². The average Bonchev–Trinajstić information content (AvgIpc) is 2.86. The fourth-order valence-electron chi connectivity index (χ4n) is 3.88. The van der Waals surface area contributed by atoms with E-state index in [0.29, 0.717) is 0 Å². The Hall–Kier alpha value is -0.120. The van der Waals surface area contributed by atoms with Crippen LogP contribution in [-0.4, -0.2) is 61.7 Å². The monoisotopic (exact) mass is 237 g/mol. The van der Waals surface area contributed by atoms with E-state index in [4.69, 9.17) is 0 Å². The fourth-order valence-corrected chi connectivity index (χ4v) is 3.88. The van der Waals surface area contributed by atoms with Crippen LogP contribution in [-0.2, 0) is 0 Å². The smallest absolute Gasteiger partial charge is 0.0224 e. The van der Waals surface area contributed by atoms with Crippen LogP contribution < -0.4 is 5.32 Å². The van der Waals surface area contributed by atoms with E-state index in [2.05, 4.69) is 22.0 Å². The number of piperidine rings is 3. The van der Waals surface area contributed by atoms with Crippen LogP contribution in [0.5, 0.6) is 0 Å². The Morgan fingerprint density at radius 1 is 1.06 bits per heavy atom. The van der Waals surface area contributed by atoms with Crippen molar-refractivity contribution in [2.45, 2.75) is 32.2 Å². The molecule has 4 heterocycles. The van der Waals surface area contributed by atoms with Crippen LogP contribution in [0.4, 0.5) is 0 Å². The van der Waals surface area contributed by atoms with Crippen molar-refractivity contribution in [3.63, 3.8) is 0 Å². The molecule has 0 saturated carbocycles. The summed E-state index contributed by atoms with van der Waals surface area (Å²) >= 11 is 0. The van der Waals surface area contributed by atoms with Gasteiger partial charge in [-0.1, -0.05) is 6.92 Å². The Labute approximate surface area is 106 Å². The first-order chi connectivity index (χ1) is 8.35. The summed E-state index contributed by atoms with van der Waals surface area (Å²) in [5.41, 5.74) is 0. The molecule has 2 atom stereocenters. The molecule has 0 spiro atoms. The van der Waals surface area contributed by atoms with Gasteiger partial charge in [0.05, 0.1) is 0 Å². The van der Waals surface area contributed by atoms with Crippen molar-refractivity contribution in [3.05, 3.63) is 0 Å². The van der Waals surface area contributed by atoms with Gasteiger partial charge in [-0.3, -0.25) is 0 Å². The van der Waals surface area contributed by atoms with Crippen LogP contribution in [0.15, 0.2) is 0 Å². The summed E-state index contributed by atoms with van der Waals surface area (Å²) in [5, 5.41) is 3.87. The molecule has 1 N–H and O–H groups in total. The van der Waals surface area contributed by atoms with E-state index in [0.717, 1.165) is 17.9 Å². The third-order valence-electron chi connectivity index (χ3n) is 5.14. The van der Waals surface area contributed by atoms with E-state index in [1.165, 1.54) is 65.1 Å². The molecule has 4 aliphatic heterocycles. The minimum atomic E-state index is 0.799. The molecule has 17 heavy (non-hydrogen) atoms. The Balaban J connectivity index is 1.42. The van der Waals surface area contributed by atoms with Gasteiger partial charge in [-0.25, -0.2) is 0 Å². The van der Waals surface area contributed by atoms with Crippen LogP contribution in [0.3, 0.4) is 0 Å². The van der Waals surface area contributed by atoms with Gasteiger partial charge in [-0.05, 0) is 63.8 Å². The molecule has 4 aliphatic rings. The zero-order valence-corrected chi connectivity index (χ0v) is 11.2. The van der Waals surface area contributed by atoms with Crippen molar-refractivity contribution in [2.75, 3.05) is 45.8 Å². The summed E-state index contributed by atoms with van der Waals surface area (Å²) in [6.45, 7) is 11.4. The molecule has 0 aromatic rings. The van der Waals surface area contributed by atoms with Crippen molar-refractivity contribution < 1.29 is 0 Å². The quantitative estimate of drug-likeness (QED) is 0.787. The maximum Gasteiger partial charge on any atom is 0.0224 e. The number of rotatable bonds is 4. The fraction of sp³-hybridized carbons (Fsp3) is 1.00. The van der Waals surface area contributed by atoms with Gasteiger partial charge in [0.15, 0.2) is 0 Å². The predicted octanol–water partition coefficient (Wildman–Crippen LogP) is 1.01. The average molecular weight is 237 g/mol. The second-order valence-electron chi connectivity index (χ2n) is 6.20. The van der Waals surface area contributed by atoms with E-state index in [1.54, 1.807) is 0 Å². The second kappa shape index (κ2) is 5.25. The van der Waals surface area contributed by atoms with Gasteiger partial charge in [0, 0.05) is 19.1 Å². The Bertz CT molecular complexity index is 248. The molecule has 4 saturated heterocycles. The first-order valence-corrected chi connectivity index (χ1v) is 7.53. The molecule has 2 unspecified atom stereocenters. The summed E-state index contributed by atoms with van der Waals surface area (Å²) in [7, 11) is 0. The highest BCUT2D eigenvalue weighted by atomic mass is 15.2. The van der Waals surface area contributed by atoms with Crippen LogP contribution in [0.25, 0.3) is 0 Å². The van der Waals surface area contributed by atoms with E-state index in [9.17, 15) is 0 Å². The van der Waals surface area contributed by atoms with Gasteiger partial charge in [-0.2, -0.15) is 0 Å². The van der Waals surface area contributed by atoms with Crippen molar-refractivity contribution in [3.8, 4) is 0 Å². The summed E-state index contributed by atoms with van der Waals surface area (Å²) < 4.78 is 0. The Morgan fingerprint density at radius 2 is 1.88 bits per heavy atom. The Kier molecular flexibility index (Phi) is 3.69. The minimum absolute atomic E-state index is 0.799. The lowest BCUT2D eigenvalue weighted by atomic mass is 9.84. The first kappa shape index (κ1) is 11.9. The van der Waals surface area contributed by atoms with Gasteiger partial charge < -0.3 is 15.1 Å². The molecular formula is C14H27N3.